The molecular formula is C16H11Cl2N3O3. The molecule has 0 unspecified atom stereocenters. The lowest BCUT2D eigenvalue weighted by Crippen LogP contribution is -2.21. The number of halogens is 2. The molecule has 0 saturated heterocycles. The van der Waals surface area contributed by atoms with Crippen LogP contribution in [0.1, 0.15) is 15.9 Å². The van der Waals surface area contributed by atoms with Gasteiger partial charge < -0.3 is 15.8 Å². The van der Waals surface area contributed by atoms with E-state index in [9.17, 15) is 9.59 Å². The van der Waals surface area contributed by atoms with E-state index in [1.165, 1.54) is 36.4 Å². The molecule has 0 aliphatic carbocycles. The second-order valence-corrected chi connectivity index (χ2v) is 5.53. The molecule has 2 aromatic rings. The Hall–Kier alpha value is -2.75. The van der Waals surface area contributed by atoms with Gasteiger partial charge in [-0.05, 0) is 36.4 Å². The van der Waals surface area contributed by atoms with Crippen LogP contribution in [0.3, 0.4) is 0 Å². The second-order valence-electron chi connectivity index (χ2n) is 4.66. The lowest BCUT2D eigenvalue weighted by molar-refractivity contribution is -0.119. The summed E-state index contributed by atoms with van der Waals surface area (Å²) in [5.41, 5.74) is 6.39. The average Bonchev–Trinajstić information content (AvgIpc) is 2.53. The summed E-state index contributed by atoms with van der Waals surface area (Å²) in [6.45, 7) is -0.543. The van der Waals surface area contributed by atoms with Gasteiger partial charge in [-0.25, -0.2) is 4.79 Å². The maximum Gasteiger partial charge on any atom is 0.340 e. The lowest BCUT2D eigenvalue weighted by Gasteiger charge is -2.09. The Balaban J connectivity index is 2.00. The quantitative estimate of drug-likeness (QED) is 0.640. The van der Waals surface area contributed by atoms with Crippen molar-refractivity contribution in [1.29, 1.82) is 5.26 Å². The van der Waals surface area contributed by atoms with Crippen LogP contribution in [0.5, 0.6) is 0 Å². The Kier molecular flexibility index (Phi) is 5.64. The second kappa shape index (κ2) is 7.68. The van der Waals surface area contributed by atoms with Crippen LogP contribution >= 0.6 is 23.2 Å². The molecule has 0 spiro atoms. The molecule has 24 heavy (non-hydrogen) atoms. The van der Waals surface area contributed by atoms with Crippen LogP contribution in [-0.4, -0.2) is 18.5 Å². The largest absolute Gasteiger partial charge is 0.452 e. The summed E-state index contributed by atoms with van der Waals surface area (Å²) in [5.74, 6) is -1.37. The molecule has 0 fully saturated rings. The van der Waals surface area contributed by atoms with E-state index in [0.29, 0.717) is 10.0 Å². The van der Waals surface area contributed by atoms with Crippen LogP contribution in [0, 0.1) is 11.3 Å². The van der Waals surface area contributed by atoms with Crippen molar-refractivity contribution in [3.8, 4) is 6.07 Å². The Morgan fingerprint density at radius 2 is 1.83 bits per heavy atom. The van der Waals surface area contributed by atoms with Crippen molar-refractivity contribution in [2.24, 2.45) is 0 Å². The SMILES string of the molecule is N#Cc1ccc(Cl)cc1NC(=O)COC(=O)c1ccc(Cl)cc1N. The van der Waals surface area contributed by atoms with Crippen molar-refractivity contribution in [2.45, 2.75) is 0 Å². The Morgan fingerprint density at radius 3 is 2.50 bits per heavy atom. The molecular weight excluding hydrogens is 353 g/mol. The molecule has 8 heteroatoms. The van der Waals surface area contributed by atoms with Gasteiger partial charge in [-0.3, -0.25) is 4.79 Å². The van der Waals surface area contributed by atoms with Crippen LogP contribution in [0.25, 0.3) is 0 Å². The van der Waals surface area contributed by atoms with E-state index in [0.717, 1.165) is 0 Å². The standard InChI is InChI=1S/C16H11Cl2N3O3/c17-10-3-4-12(13(20)5-10)16(23)24-8-15(22)21-14-6-11(18)2-1-9(14)7-19/h1-6H,8,20H2,(H,21,22). The van der Waals surface area contributed by atoms with Gasteiger partial charge in [0, 0.05) is 15.7 Å². The van der Waals surface area contributed by atoms with Crippen molar-refractivity contribution in [1.82, 2.24) is 0 Å². The average molecular weight is 364 g/mol. The zero-order valence-corrected chi connectivity index (χ0v) is 13.7. The number of carbonyl (C=O) groups is 2. The molecule has 0 saturated carbocycles. The number of carbonyl (C=O) groups excluding carboxylic acids is 2. The van der Waals surface area contributed by atoms with Crippen molar-refractivity contribution in [3.63, 3.8) is 0 Å². The van der Waals surface area contributed by atoms with E-state index in [1.807, 2.05) is 6.07 Å². The molecule has 122 valence electrons. The number of amides is 1. The first-order valence-electron chi connectivity index (χ1n) is 6.62. The lowest BCUT2D eigenvalue weighted by atomic mass is 10.2. The van der Waals surface area contributed by atoms with Crippen molar-refractivity contribution < 1.29 is 14.3 Å². The summed E-state index contributed by atoms with van der Waals surface area (Å²) in [7, 11) is 0. The highest BCUT2D eigenvalue weighted by Crippen LogP contribution is 2.21. The van der Waals surface area contributed by atoms with Gasteiger partial charge in [0.05, 0.1) is 16.8 Å². The Labute approximate surface area is 147 Å². The fraction of sp³-hybridized carbons (Fsp3) is 0.0625. The molecule has 0 heterocycles. The fourth-order valence-corrected chi connectivity index (χ4v) is 2.18. The van der Waals surface area contributed by atoms with E-state index in [1.54, 1.807) is 0 Å². The van der Waals surface area contributed by atoms with E-state index < -0.39 is 18.5 Å². The first kappa shape index (κ1) is 17.6. The van der Waals surface area contributed by atoms with E-state index >= 15 is 0 Å². The molecule has 6 nitrogen and oxygen atoms in total. The van der Waals surface area contributed by atoms with Crippen molar-refractivity contribution in [3.05, 3.63) is 57.6 Å². The van der Waals surface area contributed by atoms with Gasteiger partial charge in [0.2, 0.25) is 0 Å². The number of rotatable bonds is 4. The molecule has 3 N–H and O–H groups in total. The summed E-state index contributed by atoms with van der Waals surface area (Å²) in [6.07, 6.45) is 0. The van der Waals surface area contributed by atoms with Gasteiger partial charge in [-0.1, -0.05) is 23.2 Å². The molecule has 0 aromatic heterocycles. The van der Waals surface area contributed by atoms with E-state index in [4.69, 9.17) is 38.9 Å². The minimum Gasteiger partial charge on any atom is -0.452 e. The first-order valence-corrected chi connectivity index (χ1v) is 7.38. The van der Waals surface area contributed by atoms with Crippen molar-refractivity contribution in [2.75, 3.05) is 17.7 Å². The van der Waals surface area contributed by atoms with Gasteiger partial charge in [-0.15, -0.1) is 0 Å². The molecule has 2 aromatic carbocycles. The molecule has 0 radical (unpaired) electrons. The molecule has 0 aliphatic rings. The van der Waals surface area contributed by atoms with Crippen LogP contribution in [0.15, 0.2) is 36.4 Å². The highest BCUT2D eigenvalue weighted by atomic mass is 35.5. The first-order chi connectivity index (χ1) is 11.4. The highest BCUT2D eigenvalue weighted by Gasteiger charge is 2.14. The summed E-state index contributed by atoms with van der Waals surface area (Å²) >= 11 is 11.6. The zero-order valence-electron chi connectivity index (χ0n) is 12.2. The number of nitrogens with zero attached hydrogens (tertiary/aromatic N) is 1. The third-order valence-corrected chi connectivity index (χ3v) is 3.41. The molecule has 0 aliphatic heterocycles. The number of benzene rings is 2. The molecule has 2 rings (SSSR count). The minimum atomic E-state index is -0.758. The topological polar surface area (TPSA) is 105 Å². The summed E-state index contributed by atoms with van der Waals surface area (Å²) in [4.78, 5) is 23.8. The number of nitrogens with one attached hydrogen (secondary N) is 1. The maximum absolute atomic E-state index is 11.9. The number of anilines is 2. The monoisotopic (exact) mass is 363 g/mol. The van der Waals surface area contributed by atoms with Crippen molar-refractivity contribution >= 4 is 46.5 Å². The van der Waals surface area contributed by atoms with Crippen LogP contribution < -0.4 is 11.1 Å². The number of esters is 1. The van der Waals surface area contributed by atoms with E-state index in [-0.39, 0.29) is 22.5 Å². The molecule has 0 bridgehead atoms. The maximum atomic E-state index is 11.9. The van der Waals surface area contributed by atoms with Gasteiger partial charge >= 0.3 is 5.97 Å². The third-order valence-electron chi connectivity index (χ3n) is 2.94. The van der Waals surface area contributed by atoms with Gasteiger partial charge in [-0.2, -0.15) is 5.26 Å². The number of hydrogen-bond donors (Lipinski definition) is 2. The summed E-state index contributed by atoms with van der Waals surface area (Å²) in [6, 6.07) is 10.6. The highest BCUT2D eigenvalue weighted by molar-refractivity contribution is 6.31. The number of nitrogen functional groups attached to an aromatic ring is 1. The van der Waals surface area contributed by atoms with Gasteiger partial charge in [0.15, 0.2) is 6.61 Å². The number of ether oxygens (including phenoxy) is 1. The summed E-state index contributed by atoms with van der Waals surface area (Å²) in [5, 5.41) is 12.2. The van der Waals surface area contributed by atoms with Crippen LogP contribution in [0.4, 0.5) is 11.4 Å². The van der Waals surface area contributed by atoms with Gasteiger partial charge in [0.25, 0.3) is 5.91 Å². The number of hydrogen-bond acceptors (Lipinski definition) is 5. The smallest absolute Gasteiger partial charge is 0.340 e. The molecule has 0 atom stereocenters. The third kappa shape index (κ3) is 4.38. The summed E-state index contributed by atoms with van der Waals surface area (Å²) < 4.78 is 4.90. The predicted octanol–water partition coefficient (Wildman–Crippen LogP) is 3.24. The van der Waals surface area contributed by atoms with Gasteiger partial charge in [0.1, 0.15) is 6.07 Å². The fourth-order valence-electron chi connectivity index (χ4n) is 1.83. The van der Waals surface area contributed by atoms with Crippen LogP contribution in [0.2, 0.25) is 10.0 Å². The number of nitriles is 1. The predicted molar refractivity (Wildman–Crippen MR) is 90.9 cm³/mol. The molecule has 1 amide bonds. The normalized spacial score (nSPS) is 9.88. The van der Waals surface area contributed by atoms with Crippen LogP contribution in [-0.2, 0) is 9.53 Å². The number of nitrogens with two attached hydrogens (primary N) is 1. The minimum absolute atomic E-state index is 0.104. The Morgan fingerprint density at radius 1 is 1.17 bits per heavy atom. The zero-order chi connectivity index (χ0) is 17.7. The Bertz CT molecular complexity index is 847. The van der Waals surface area contributed by atoms with E-state index in [2.05, 4.69) is 5.32 Å².